The van der Waals surface area contributed by atoms with Crippen LogP contribution in [-0.2, 0) is 0 Å². The molecule has 4 atom stereocenters. The molecule has 0 aliphatic heterocycles. The first kappa shape index (κ1) is 18.5. The van der Waals surface area contributed by atoms with Gasteiger partial charge in [0, 0.05) is 26.7 Å². The molecule has 2 aliphatic rings. The van der Waals surface area contributed by atoms with Gasteiger partial charge < -0.3 is 0 Å². The molecular formula is C23H16Br2O2S. The van der Waals surface area contributed by atoms with Crippen LogP contribution in [0.15, 0.2) is 60.7 Å². The number of ketones is 2. The van der Waals surface area contributed by atoms with E-state index >= 15 is 0 Å². The molecule has 2 bridgehead atoms. The number of fused-ring (bicyclic) bond motifs is 5. The van der Waals surface area contributed by atoms with Crippen molar-refractivity contribution in [2.45, 2.75) is 27.9 Å². The van der Waals surface area contributed by atoms with Crippen LogP contribution in [0, 0.1) is 0 Å². The molecule has 2 aromatic carbocycles. The second kappa shape index (κ2) is 7.05. The van der Waals surface area contributed by atoms with Gasteiger partial charge in [-0.05, 0) is 23.5 Å². The highest BCUT2D eigenvalue weighted by atomic mass is 79.9. The third-order valence-electron chi connectivity index (χ3n) is 5.77. The molecule has 1 aromatic heterocycles. The van der Waals surface area contributed by atoms with Gasteiger partial charge in [0.1, 0.15) is 0 Å². The normalized spacial score (nSPS) is 24.9. The lowest BCUT2D eigenvalue weighted by atomic mass is 9.89. The summed E-state index contributed by atoms with van der Waals surface area (Å²) in [5.41, 5.74) is 3.53. The topological polar surface area (TPSA) is 34.1 Å². The standard InChI is InChI=1S/C23H16Br2O2S/c24-15-11-14-16-18(17(15)19(14)25)23(21(27)13-9-5-2-6-10-13)28-22(16)20(26)12-7-3-1-4-8-12/h1-10,14-15,17,19H,11H2/t14-,15+,17+,19?/m0/s1. The Morgan fingerprint density at radius 1 is 0.786 bits per heavy atom. The summed E-state index contributed by atoms with van der Waals surface area (Å²) in [6.07, 6.45) is 0.984. The summed E-state index contributed by atoms with van der Waals surface area (Å²) in [6, 6.07) is 18.7. The van der Waals surface area contributed by atoms with Crippen molar-refractivity contribution in [1.29, 1.82) is 0 Å². The molecule has 0 N–H and O–H groups in total. The monoisotopic (exact) mass is 514 g/mol. The predicted molar refractivity (Wildman–Crippen MR) is 120 cm³/mol. The summed E-state index contributed by atoms with van der Waals surface area (Å²) in [5, 5.41) is 0. The van der Waals surface area contributed by atoms with Crippen LogP contribution in [0.5, 0.6) is 0 Å². The minimum atomic E-state index is 0.0147. The Morgan fingerprint density at radius 2 is 1.29 bits per heavy atom. The fraction of sp³-hybridized carbons (Fsp3) is 0.217. The van der Waals surface area contributed by atoms with Gasteiger partial charge in [0.05, 0.1) is 9.75 Å². The molecule has 1 unspecified atom stereocenters. The minimum Gasteiger partial charge on any atom is -0.288 e. The van der Waals surface area contributed by atoms with Gasteiger partial charge in [-0.25, -0.2) is 0 Å². The Morgan fingerprint density at radius 3 is 1.82 bits per heavy atom. The molecule has 0 amide bonds. The largest absolute Gasteiger partial charge is 0.288 e. The highest BCUT2D eigenvalue weighted by Crippen LogP contribution is 2.62. The predicted octanol–water partition coefficient (Wildman–Crippen LogP) is 6.32. The van der Waals surface area contributed by atoms with Gasteiger partial charge in [0.2, 0.25) is 11.6 Å². The lowest BCUT2D eigenvalue weighted by molar-refractivity contribution is 0.103. The molecule has 1 fully saturated rings. The zero-order valence-electron chi connectivity index (χ0n) is 14.8. The fourth-order valence-corrected chi connectivity index (χ4v) is 8.39. The number of carbonyl (C=O) groups excluding carboxylic acids is 2. The summed E-state index contributed by atoms with van der Waals surface area (Å²) in [6.45, 7) is 0. The van der Waals surface area contributed by atoms with Gasteiger partial charge in [0.15, 0.2) is 0 Å². The van der Waals surface area contributed by atoms with E-state index < -0.39 is 0 Å². The molecule has 1 heterocycles. The van der Waals surface area contributed by atoms with Crippen LogP contribution in [0.4, 0.5) is 0 Å². The number of rotatable bonds is 4. The molecule has 2 nitrogen and oxygen atoms in total. The van der Waals surface area contributed by atoms with Gasteiger partial charge in [-0.3, -0.25) is 9.59 Å². The number of carbonyl (C=O) groups is 2. The SMILES string of the molecule is O=C(c1ccccc1)c1sc(C(=O)c2ccccc2)c2c1[C@@H]1C(Br)[C@H]2C[C@H]1Br. The lowest BCUT2D eigenvalue weighted by Gasteiger charge is -2.18. The van der Waals surface area contributed by atoms with E-state index in [-0.39, 0.29) is 28.2 Å². The van der Waals surface area contributed by atoms with Crippen LogP contribution in [0.3, 0.4) is 0 Å². The van der Waals surface area contributed by atoms with Gasteiger partial charge in [-0.1, -0.05) is 92.5 Å². The number of benzene rings is 2. The van der Waals surface area contributed by atoms with Crippen molar-refractivity contribution in [2.75, 3.05) is 0 Å². The van der Waals surface area contributed by atoms with Gasteiger partial charge >= 0.3 is 0 Å². The summed E-state index contributed by atoms with van der Waals surface area (Å²) < 4.78 is 0. The highest BCUT2D eigenvalue weighted by molar-refractivity contribution is 9.10. The molecule has 140 valence electrons. The zero-order chi connectivity index (χ0) is 19.4. The van der Waals surface area contributed by atoms with Crippen molar-refractivity contribution in [3.63, 3.8) is 0 Å². The highest BCUT2D eigenvalue weighted by Gasteiger charge is 2.54. The van der Waals surface area contributed by atoms with Crippen molar-refractivity contribution in [3.8, 4) is 0 Å². The summed E-state index contributed by atoms with van der Waals surface area (Å²) >= 11 is 9.06. The first-order chi connectivity index (χ1) is 13.6. The number of hydrogen-bond acceptors (Lipinski definition) is 3. The van der Waals surface area contributed by atoms with Crippen molar-refractivity contribution >= 4 is 54.8 Å². The minimum absolute atomic E-state index is 0.0147. The summed E-state index contributed by atoms with van der Waals surface area (Å²) in [7, 11) is 0. The van der Waals surface area contributed by atoms with E-state index in [1.807, 2.05) is 60.7 Å². The Hall–Kier alpha value is -1.56. The van der Waals surface area contributed by atoms with E-state index in [2.05, 4.69) is 31.9 Å². The fourth-order valence-electron chi connectivity index (χ4n) is 4.52. The third kappa shape index (κ3) is 2.71. The van der Waals surface area contributed by atoms with Gasteiger partial charge in [-0.15, -0.1) is 11.3 Å². The molecule has 0 radical (unpaired) electrons. The molecule has 28 heavy (non-hydrogen) atoms. The maximum absolute atomic E-state index is 13.3. The van der Waals surface area contributed by atoms with Crippen LogP contribution < -0.4 is 0 Å². The Bertz CT molecular complexity index is 1070. The van der Waals surface area contributed by atoms with E-state index in [1.54, 1.807) is 0 Å². The third-order valence-corrected chi connectivity index (χ3v) is 9.14. The van der Waals surface area contributed by atoms with Crippen molar-refractivity contribution in [1.82, 2.24) is 0 Å². The lowest BCUT2D eigenvalue weighted by Crippen LogP contribution is -2.14. The van der Waals surface area contributed by atoms with Crippen LogP contribution >= 0.6 is 43.2 Å². The second-order valence-electron chi connectivity index (χ2n) is 7.31. The van der Waals surface area contributed by atoms with Crippen LogP contribution in [0.25, 0.3) is 0 Å². The molecule has 3 aromatic rings. The van der Waals surface area contributed by atoms with Gasteiger partial charge in [-0.2, -0.15) is 0 Å². The molecular weight excluding hydrogens is 500 g/mol. The average molecular weight is 516 g/mol. The van der Waals surface area contributed by atoms with E-state index in [0.717, 1.165) is 27.3 Å². The van der Waals surface area contributed by atoms with Crippen LogP contribution in [0.1, 0.15) is 59.9 Å². The van der Waals surface area contributed by atoms with Crippen molar-refractivity contribution in [3.05, 3.63) is 92.7 Å². The Kier molecular flexibility index (Phi) is 4.65. The Labute approximate surface area is 184 Å². The molecule has 0 saturated heterocycles. The number of hydrogen-bond donors (Lipinski definition) is 0. The summed E-state index contributed by atoms with van der Waals surface area (Å²) in [4.78, 5) is 28.7. The molecule has 0 spiro atoms. The first-order valence-corrected chi connectivity index (χ1v) is 11.9. The van der Waals surface area contributed by atoms with Crippen LogP contribution in [-0.4, -0.2) is 21.2 Å². The van der Waals surface area contributed by atoms with E-state index in [4.69, 9.17) is 0 Å². The zero-order valence-corrected chi connectivity index (χ0v) is 18.8. The number of alkyl halides is 2. The average Bonchev–Trinajstić information content (AvgIpc) is 3.34. The second-order valence-corrected chi connectivity index (χ2v) is 10.6. The summed E-state index contributed by atoms with van der Waals surface area (Å²) in [5.74, 6) is 0.519. The molecule has 1 saturated carbocycles. The van der Waals surface area contributed by atoms with E-state index in [1.165, 1.54) is 11.3 Å². The van der Waals surface area contributed by atoms with Gasteiger partial charge in [0.25, 0.3) is 0 Å². The van der Waals surface area contributed by atoms with Crippen molar-refractivity contribution < 1.29 is 9.59 Å². The maximum Gasteiger partial charge on any atom is 0.203 e. The molecule has 5 heteroatoms. The first-order valence-electron chi connectivity index (χ1n) is 9.22. The number of thiophene rings is 1. The van der Waals surface area contributed by atoms with E-state index in [0.29, 0.717) is 16.0 Å². The van der Waals surface area contributed by atoms with Crippen molar-refractivity contribution in [2.24, 2.45) is 0 Å². The van der Waals surface area contributed by atoms with E-state index in [9.17, 15) is 9.59 Å². The Balaban J connectivity index is 1.69. The number of halogens is 2. The van der Waals surface area contributed by atoms with Crippen LogP contribution in [0.2, 0.25) is 0 Å². The molecule has 5 rings (SSSR count). The maximum atomic E-state index is 13.3. The molecule has 2 aliphatic carbocycles. The smallest absolute Gasteiger partial charge is 0.203 e. The quantitative estimate of drug-likeness (QED) is 0.301.